The third-order valence-electron chi connectivity index (χ3n) is 10.3. The molecule has 6 rings (SSSR count). The fourth-order valence-electron chi connectivity index (χ4n) is 7.70. The molecule has 1 unspecified atom stereocenters. The van der Waals surface area contributed by atoms with Crippen LogP contribution >= 0.6 is 12.4 Å². The van der Waals surface area contributed by atoms with Gasteiger partial charge in [-0.1, -0.05) is 55.3 Å². The normalized spacial score (nSPS) is 24.4. The summed E-state index contributed by atoms with van der Waals surface area (Å²) in [6, 6.07) is 17.9. The second-order valence-corrected chi connectivity index (χ2v) is 15.1. The van der Waals surface area contributed by atoms with Crippen LogP contribution in [0.4, 0.5) is 4.79 Å². The lowest BCUT2D eigenvalue weighted by molar-refractivity contribution is -0.139. The molecule has 4 fully saturated rings. The minimum Gasteiger partial charge on any atom is -0.338 e. The molecular formula is C33H45ClN4O4S. The minimum atomic E-state index is -3.23. The van der Waals surface area contributed by atoms with Gasteiger partial charge in [0, 0.05) is 50.9 Å². The number of rotatable bonds is 7. The average Bonchev–Trinajstić information content (AvgIpc) is 3.72. The van der Waals surface area contributed by atoms with E-state index in [4.69, 9.17) is 0 Å². The Labute approximate surface area is 262 Å². The SMILES string of the molecule is CS(=O)(=O)c1ccc(CN2CCC3(CCN(C[C@H]4CN(C(=O)NC5CCCC5)CC4c4ccccc4)CC3)C2=O)cc1.Cl. The standard InChI is InChI=1S/C33H44N4O4S.ClH/c1-42(40,41)29-13-11-25(12-14-29)21-36-20-17-33(31(36)38)15-18-35(19-16-33)22-27-23-37(32(39)34-28-9-5-6-10-28)24-30(27)26-7-3-2-4-8-26;/h2-4,7-8,11-14,27-28,30H,5-6,9-10,15-24H2,1H3,(H,34,39);1H/t27-,30?;/m0./s1. The Kier molecular flexibility index (Phi) is 9.73. The van der Waals surface area contributed by atoms with Gasteiger partial charge in [0.2, 0.25) is 5.91 Å². The summed E-state index contributed by atoms with van der Waals surface area (Å²) in [4.78, 5) is 33.6. The van der Waals surface area contributed by atoms with Gasteiger partial charge in [0.15, 0.2) is 9.84 Å². The van der Waals surface area contributed by atoms with Crippen LogP contribution in [0.2, 0.25) is 0 Å². The number of carbonyl (C=O) groups is 2. The molecule has 43 heavy (non-hydrogen) atoms. The van der Waals surface area contributed by atoms with Crippen molar-refractivity contribution in [2.45, 2.75) is 68.3 Å². The predicted molar refractivity (Wildman–Crippen MR) is 170 cm³/mol. The highest BCUT2D eigenvalue weighted by Crippen LogP contribution is 2.43. The number of amides is 3. The molecule has 3 saturated heterocycles. The molecule has 3 aliphatic heterocycles. The van der Waals surface area contributed by atoms with Crippen LogP contribution in [0.5, 0.6) is 0 Å². The first-order valence-corrected chi connectivity index (χ1v) is 17.5. The highest BCUT2D eigenvalue weighted by Gasteiger charge is 2.48. The number of nitrogens with zero attached hydrogens (tertiary/aromatic N) is 3. The van der Waals surface area contributed by atoms with Gasteiger partial charge in [-0.15, -0.1) is 12.4 Å². The number of carbonyl (C=O) groups excluding carboxylic acids is 2. The number of halogens is 1. The molecule has 1 aliphatic carbocycles. The molecule has 3 heterocycles. The van der Waals surface area contributed by atoms with Crippen LogP contribution < -0.4 is 5.32 Å². The van der Waals surface area contributed by atoms with Gasteiger partial charge in [0.25, 0.3) is 0 Å². The summed E-state index contributed by atoms with van der Waals surface area (Å²) >= 11 is 0. The van der Waals surface area contributed by atoms with Crippen molar-refractivity contribution in [3.05, 3.63) is 65.7 Å². The molecule has 0 aromatic heterocycles. The van der Waals surface area contributed by atoms with E-state index in [9.17, 15) is 18.0 Å². The molecule has 1 spiro atoms. The number of sulfone groups is 1. The molecule has 1 N–H and O–H groups in total. The molecule has 4 aliphatic rings. The van der Waals surface area contributed by atoms with Gasteiger partial charge >= 0.3 is 6.03 Å². The first kappa shape index (κ1) is 31.8. The summed E-state index contributed by atoms with van der Waals surface area (Å²) < 4.78 is 23.6. The van der Waals surface area contributed by atoms with Crippen molar-refractivity contribution < 1.29 is 18.0 Å². The van der Waals surface area contributed by atoms with Crippen molar-refractivity contribution in [1.29, 1.82) is 0 Å². The maximum absolute atomic E-state index is 13.6. The molecule has 2 atom stereocenters. The molecule has 234 valence electrons. The average molecular weight is 629 g/mol. The highest BCUT2D eigenvalue weighted by atomic mass is 35.5. The molecule has 8 nitrogen and oxygen atoms in total. The van der Waals surface area contributed by atoms with E-state index >= 15 is 0 Å². The summed E-state index contributed by atoms with van der Waals surface area (Å²) in [6.07, 6.45) is 8.41. The van der Waals surface area contributed by atoms with Gasteiger partial charge < -0.3 is 20.0 Å². The molecule has 0 bridgehead atoms. The minimum absolute atomic E-state index is 0. The maximum Gasteiger partial charge on any atom is 0.317 e. The molecule has 3 amide bonds. The second kappa shape index (κ2) is 13.2. The number of benzene rings is 2. The fraction of sp³-hybridized carbons (Fsp3) is 0.576. The van der Waals surface area contributed by atoms with E-state index in [0.29, 0.717) is 29.3 Å². The van der Waals surface area contributed by atoms with E-state index in [0.717, 1.165) is 76.9 Å². The summed E-state index contributed by atoms with van der Waals surface area (Å²) in [5, 5.41) is 3.29. The number of hydrogen-bond acceptors (Lipinski definition) is 5. The lowest BCUT2D eigenvalue weighted by atomic mass is 9.76. The van der Waals surface area contributed by atoms with Crippen LogP contribution in [0.3, 0.4) is 0 Å². The van der Waals surface area contributed by atoms with Gasteiger partial charge in [-0.05, 0) is 74.4 Å². The maximum atomic E-state index is 13.6. The number of piperidine rings is 1. The Hall–Kier alpha value is -2.62. The lowest BCUT2D eigenvalue weighted by Gasteiger charge is -2.39. The smallest absolute Gasteiger partial charge is 0.317 e. The van der Waals surface area contributed by atoms with Crippen molar-refractivity contribution in [2.75, 3.05) is 45.5 Å². The van der Waals surface area contributed by atoms with Crippen LogP contribution in [0.1, 0.15) is 62.0 Å². The molecule has 0 radical (unpaired) electrons. The Morgan fingerprint density at radius 3 is 2.23 bits per heavy atom. The third kappa shape index (κ3) is 7.04. The van der Waals surface area contributed by atoms with Crippen molar-refractivity contribution in [3.63, 3.8) is 0 Å². The monoisotopic (exact) mass is 628 g/mol. The summed E-state index contributed by atoms with van der Waals surface area (Å²) in [7, 11) is -3.23. The Morgan fingerprint density at radius 1 is 0.930 bits per heavy atom. The molecule has 10 heteroatoms. The van der Waals surface area contributed by atoms with Gasteiger partial charge in [-0.25, -0.2) is 13.2 Å². The van der Waals surface area contributed by atoms with E-state index in [1.165, 1.54) is 24.7 Å². The van der Waals surface area contributed by atoms with Crippen molar-refractivity contribution >= 4 is 34.2 Å². The van der Waals surface area contributed by atoms with Gasteiger partial charge in [0.05, 0.1) is 10.3 Å². The number of urea groups is 1. The van der Waals surface area contributed by atoms with Gasteiger partial charge in [-0.2, -0.15) is 0 Å². The van der Waals surface area contributed by atoms with Crippen molar-refractivity contribution in [2.24, 2.45) is 11.3 Å². The first-order valence-electron chi connectivity index (χ1n) is 15.6. The Balaban J connectivity index is 0.00000368. The quantitative estimate of drug-likeness (QED) is 0.480. The van der Waals surface area contributed by atoms with E-state index in [2.05, 4.69) is 40.5 Å². The van der Waals surface area contributed by atoms with E-state index < -0.39 is 9.84 Å². The summed E-state index contributed by atoms with van der Waals surface area (Å²) in [5.74, 6) is 0.919. The number of hydrogen-bond donors (Lipinski definition) is 1. The van der Waals surface area contributed by atoms with E-state index in [1.807, 2.05) is 21.9 Å². The zero-order chi connectivity index (χ0) is 29.3. The zero-order valence-electron chi connectivity index (χ0n) is 25.1. The van der Waals surface area contributed by atoms with E-state index in [1.54, 1.807) is 12.1 Å². The first-order chi connectivity index (χ1) is 20.2. The topological polar surface area (TPSA) is 90.0 Å². The molecule has 1 saturated carbocycles. The van der Waals surface area contributed by atoms with Crippen molar-refractivity contribution in [3.8, 4) is 0 Å². The van der Waals surface area contributed by atoms with Crippen LogP contribution in [-0.2, 0) is 21.2 Å². The molecule has 2 aromatic carbocycles. The third-order valence-corrected chi connectivity index (χ3v) is 11.4. The highest BCUT2D eigenvalue weighted by molar-refractivity contribution is 7.90. The van der Waals surface area contributed by atoms with E-state index in [-0.39, 0.29) is 29.8 Å². The summed E-state index contributed by atoms with van der Waals surface area (Å²) in [6.45, 7) is 5.52. The van der Waals surface area contributed by atoms with Crippen LogP contribution in [0.15, 0.2) is 59.5 Å². The van der Waals surface area contributed by atoms with Crippen LogP contribution in [0, 0.1) is 11.3 Å². The van der Waals surface area contributed by atoms with Gasteiger partial charge in [0.1, 0.15) is 0 Å². The lowest BCUT2D eigenvalue weighted by Crippen LogP contribution is -2.46. The van der Waals surface area contributed by atoms with Crippen LogP contribution in [-0.4, -0.2) is 86.6 Å². The van der Waals surface area contributed by atoms with Crippen molar-refractivity contribution in [1.82, 2.24) is 20.0 Å². The second-order valence-electron chi connectivity index (χ2n) is 13.1. The summed E-state index contributed by atoms with van der Waals surface area (Å²) in [5.41, 5.74) is 1.98. The molecule has 2 aromatic rings. The van der Waals surface area contributed by atoms with Crippen LogP contribution in [0.25, 0.3) is 0 Å². The van der Waals surface area contributed by atoms with Gasteiger partial charge in [-0.3, -0.25) is 4.79 Å². The number of likely N-dealkylation sites (tertiary alicyclic amines) is 3. The Bertz CT molecular complexity index is 1370. The number of nitrogens with one attached hydrogen (secondary N) is 1. The fourth-order valence-corrected chi connectivity index (χ4v) is 8.33. The largest absolute Gasteiger partial charge is 0.338 e. The zero-order valence-corrected chi connectivity index (χ0v) is 26.8. The molecular weight excluding hydrogens is 584 g/mol. The Morgan fingerprint density at radius 2 is 1.58 bits per heavy atom. The predicted octanol–water partition coefficient (Wildman–Crippen LogP) is 4.69.